The predicted molar refractivity (Wildman–Crippen MR) is 75.9 cm³/mol. The highest BCUT2D eigenvalue weighted by atomic mass is 16.5. The molecule has 0 radical (unpaired) electrons. The average Bonchev–Trinajstić information content (AvgIpc) is 2.41. The Morgan fingerprint density at radius 1 is 1.26 bits per heavy atom. The van der Waals surface area contributed by atoms with E-state index in [1.54, 1.807) is 12.1 Å². The quantitative estimate of drug-likeness (QED) is 0.866. The molecule has 0 aromatic heterocycles. The van der Waals surface area contributed by atoms with Crippen LogP contribution < -0.4 is 10.1 Å². The molecule has 3 rings (SSSR count). The first-order valence-corrected chi connectivity index (χ1v) is 6.50. The van der Waals surface area contributed by atoms with Crippen molar-refractivity contribution in [1.29, 1.82) is 0 Å². The Balaban J connectivity index is 1.76. The molecule has 3 nitrogen and oxygen atoms in total. The Hall–Kier alpha value is -2.16. The summed E-state index contributed by atoms with van der Waals surface area (Å²) in [6.07, 6.45) is 1.01. The largest absolute Gasteiger partial charge is 0.508 e. The summed E-state index contributed by atoms with van der Waals surface area (Å²) in [5.41, 5.74) is 3.47. The molecule has 0 saturated carbocycles. The van der Waals surface area contributed by atoms with E-state index in [2.05, 4.69) is 36.5 Å². The van der Waals surface area contributed by atoms with Crippen molar-refractivity contribution in [3.05, 3.63) is 53.6 Å². The lowest BCUT2D eigenvalue weighted by molar-refractivity contribution is 0.206. The van der Waals surface area contributed by atoms with Gasteiger partial charge in [0.05, 0.1) is 12.2 Å². The number of hydrogen-bond acceptors (Lipinski definition) is 3. The van der Waals surface area contributed by atoms with E-state index in [0.29, 0.717) is 0 Å². The number of fused-ring (bicyclic) bond motifs is 1. The molecule has 1 aliphatic heterocycles. The normalized spacial score (nSPS) is 17.2. The topological polar surface area (TPSA) is 41.5 Å². The minimum Gasteiger partial charge on any atom is -0.508 e. The van der Waals surface area contributed by atoms with Crippen LogP contribution >= 0.6 is 0 Å². The van der Waals surface area contributed by atoms with Crippen molar-refractivity contribution in [3.63, 3.8) is 0 Å². The van der Waals surface area contributed by atoms with E-state index in [4.69, 9.17) is 4.74 Å². The second-order valence-corrected chi connectivity index (χ2v) is 4.93. The van der Waals surface area contributed by atoms with Crippen molar-refractivity contribution >= 4 is 5.69 Å². The summed E-state index contributed by atoms with van der Waals surface area (Å²) >= 11 is 0. The molecule has 2 N–H and O–H groups in total. The number of rotatable bonds is 2. The predicted octanol–water partition coefficient (Wildman–Crippen LogP) is 3.12. The fourth-order valence-electron chi connectivity index (χ4n) is 2.40. The lowest BCUT2D eigenvalue weighted by atomic mass is 10.0. The monoisotopic (exact) mass is 255 g/mol. The highest BCUT2D eigenvalue weighted by Crippen LogP contribution is 2.32. The number of benzene rings is 2. The summed E-state index contributed by atoms with van der Waals surface area (Å²) in [4.78, 5) is 0. The minimum atomic E-state index is 0.123. The molecule has 1 unspecified atom stereocenters. The minimum absolute atomic E-state index is 0.123. The molecule has 1 atom stereocenters. The number of aromatic hydroxyl groups is 1. The van der Waals surface area contributed by atoms with Crippen LogP contribution in [0, 0.1) is 6.92 Å². The number of phenolic OH excluding ortho intramolecular Hbond substituents is 1. The Bertz CT molecular complexity index is 595. The van der Waals surface area contributed by atoms with Gasteiger partial charge in [-0.2, -0.15) is 0 Å². The Morgan fingerprint density at radius 3 is 2.95 bits per heavy atom. The summed E-state index contributed by atoms with van der Waals surface area (Å²) in [5, 5.41) is 12.7. The van der Waals surface area contributed by atoms with Gasteiger partial charge in [0.2, 0.25) is 0 Å². The van der Waals surface area contributed by atoms with Crippen molar-refractivity contribution in [1.82, 2.24) is 0 Å². The van der Waals surface area contributed by atoms with Gasteiger partial charge in [0, 0.05) is 12.5 Å². The number of nitrogens with one attached hydrogen (secondary N) is 1. The third kappa shape index (κ3) is 2.50. The fourth-order valence-corrected chi connectivity index (χ4v) is 2.40. The maximum atomic E-state index is 9.43. The molecule has 0 bridgehead atoms. The first-order chi connectivity index (χ1) is 9.22. The van der Waals surface area contributed by atoms with E-state index in [0.717, 1.165) is 24.4 Å². The van der Waals surface area contributed by atoms with Gasteiger partial charge in [-0.1, -0.05) is 24.3 Å². The summed E-state index contributed by atoms with van der Waals surface area (Å²) in [7, 11) is 0. The number of ether oxygens (including phenoxy) is 1. The molecular formula is C16H17NO2. The lowest BCUT2D eigenvalue weighted by Crippen LogP contribution is -2.32. The summed E-state index contributed by atoms with van der Waals surface area (Å²) in [5.74, 6) is 1.06. The van der Waals surface area contributed by atoms with E-state index >= 15 is 0 Å². The van der Waals surface area contributed by atoms with Crippen LogP contribution in [0.4, 0.5) is 5.69 Å². The third-order valence-corrected chi connectivity index (χ3v) is 3.49. The van der Waals surface area contributed by atoms with Gasteiger partial charge in [0.15, 0.2) is 0 Å². The van der Waals surface area contributed by atoms with Crippen LogP contribution in [0.15, 0.2) is 42.5 Å². The van der Waals surface area contributed by atoms with E-state index in [-0.39, 0.29) is 11.9 Å². The summed E-state index contributed by atoms with van der Waals surface area (Å²) < 4.78 is 5.97. The Morgan fingerprint density at radius 2 is 2.11 bits per heavy atom. The lowest BCUT2D eigenvalue weighted by Gasteiger charge is -2.28. The van der Waals surface area contributed by atoms with Gasteiger partial charge >= 0.3 is 0 Å². The first-order valence-electron chi connectivity index (χ1n) is 6.50. The molecule has 0 fully saturated rings. The van der Waals surface area contributed by atoms with Gasteiger partial charge in [0.1, 0.15) is 17.6 Å². The summed E-state index contributed by atoms with van der Waals surface area (Å²) in [6, 6.07) is 13.5. The molecule has 19 heavy (non-hydrogen) atoms. The van der Waals surface area contributed by atoms with Gasteiger partial charge in [-0.15, -0.1) is 0 Å². The molecule has 3 heteroatoms. The number of hydrogen-bond donors (Lipinski definition) is 2. The van der Waals surface area contributed by atoms with Crippen LogP contribution in [0.1, 0.15) is 11.1 Å². The van der Waals surface area contributed by atoms with Crippen LogP contribution in [0.5, 0.6) is 11.5 Å². The number of aryl methyl sites for hydroxylation is 1. The van der Waals surface area contributed by atoms with E-state index in [9.17, 15) is 5.11 Å². The van der Waals surface area contributed by atoms with Gasteiger partial charge in [-0.3, -0.25) is 0 Å². The van der Waals surface area contributed by atoms with Crippen LogP contribution in [-0.4, -0.2) is 17.8 Å². The second kappa shape index (κ2) is 4.84. The first kappa shape index (κ1) is 11.9. The van der Waals surface area contributed by atoms with Crippen LogP contribution in [0.2, 0.25) is 0 Å². The van der Waals surface area contributed by atoms with Gasteiger partial charge in [-0.25, -0.2) is 0 Å². The maximum Gasteiger partial charge on any atom is 0.143 e. The van der Waals surface area contributed by atoms with Crippen LogP contribution in [0.3, 0.4) is 0 Å². The average molecular weight is 255 g/mol. The second-order valence-electron chi connectivity index (χ2n) is 4.93. The molecule has 2 aromatic carbocycles. The highest BCUT2D eigenvalue weighted by molar-refractivity contribution is 5.60. The molecule has 0 aliphatic carbocycles. The Labute approximate surface area is 112 Å². The number of phenols is 1. The molecule has 1 heterocycles. The van der Waals surface area contributed by atoms with Gasteiger partial charge in [0.25, 0.3) is 0 Å². The molecule has 1 aliphatic rings. The zero-order valence-corrected chi connectivity index (χ0v) is 10.9. The zero-order chi connectivity index (χ0) is 13.2. The number of anilines is 1. The smallest absolute Gasteiger partial charge is 0.143 e. The Kier molecular flexibility index (Phi) is 3.03. The maximum absolute atomic E-state index is 9.43. The zero-order valence-electron chi connectivity index (χ0n) is 10.9. The van der Waals surface area contributed by atoms with Crippen molar-refractivity contribution in [3.8, 4) is 11.5 Å². The molecule has 0 saturated heterocycles. The van der Waals surface area contributed by atoms with Crippen LogP contribution in [-0.2, 0) is 6.42 Å². The van der Waals surface area contributed by atoms with E-state index in [1.165, 1.54) is 11.1 Å². The highest BCUT2D eigenvalue weighted by Gasteiger charge is 2.20. The molecule has 98 valence electrons. The van der Waals surface area contributed by atoms with E-state index in [1.807, 2.05) is 6.07 Å². The van der Waals surface area contributed by atoms with Gasteiger partial charge in [-0.05, 0) is 30.2 Å². The third-order valence-electron chi connectivity index (χ3n) is 3.49. The SMILES string of the molecule is Cc1ccccc1CC1CNc2cc(O)ccc2O1. The van der Waals surface area contributed by atoms with Crippen molar-refractivity contribution in [2.45, 2.75) is 19.4 Å². The van der Waals surface area contributed by atoms with Crippen molar-refractivity contribution < 1.29 is 9.84 Å². The fraction of sp³-hybridized carbons (Fsp3) is 0.250. The molecular weight excluding hydrogens is 238 g/mol. The molecule has 0 amide bonds. The molecule has 2 aromatic rings. The molecule has 0 spiro atoms. The van der Waals surface area contributed by atoms with Gasteiger partial charge < -0.3 is 15.2 Å². The standard InChI is InChI=1S/C16H17NO2/c1-11-4-2-3-5-12(11)8-14-10-17-15-9-13(18)6-7-16(15)19-14/h2-7,9,14,17-18H,8,10H2,1H3. The van der Waals surface area contributed by atoms with Crippen molar-refractivity contribution in [2.75, 3.05) is 11.9 Å². The summed E-state index contributed by atoms with van der Waals surface area (Å²) in [6.45, 7) is 2.88. The van der Waals surface area contributed by atoms with Crippen molar-refractivity contribution in [2.24, 2.45) is 0 Å². The van der Waals surface area contributed by atoms with Crippen LogP contribution in [0.25, 0.3) is 0 Å². The van der Waals surface area contributed by atoms with E-state index < -0.39 is 0 Å².